The van der Waals surface area contributed by atoms with Crippen LogP contribution in [-0.2, 0) is 18.0 Å². The molecule has 2 unspecified atom stereocenters. The van der Waals surface area contributed by atoms with Crippen molar-refractivity contribution in [3.05, 3.63) is 0 Å². The molecule has 10 heteroatoms. The summed E-state index contributed by atoms with van der Waals surface area (Å²) in [6.07, 6.45) is 10.7. The fourth-order valence-electron chi connectivity index (χ4n) is 2.26. The first-order valence-corrected chi connectivity index (χ1v) is 11.6. The van der Waals surface area contributed by atoms with Gasteiger partial charge in [0.1, 0.15) is 0 Å². The summed E-state index contributed by atoms with van der Waals surface area (Å²) in [4.78, 5) is 25.9. The molecule has 0 radical (unpaired) electrons. The summed E-state index contributed by atoms with van der Waals surface area (Å²) >= 11 is 0. The van der Waals surface area contributed by atoms with E-state index in [9.17, 15) is 14.2 Å². The van der Waals surface area contributed by atoms with E-state index in [2.05, 4.69) is 8.83 Å². The molecule has 8 nitrogen and oxygen atoms in total. The van der Waals surface area contributed by atoms with Crippen molar-refractivity contribution >= 4 is 15.6 Å². The Morgan fingerprint density at radius 2 is 1.29 bits per heavy atom. The van der Waals surface area contributed by atoms with Crippen LogP contribution in [-0.4, -0.2) is 32.5 Å². The second kappa shape index (κ2) is 13.4. The Labute approximate surface area is 144 Å². The van der Waals surface area contributed by atoms with Gasteiger partial charge in [-0.2, -0.15) is 4.31 Å². The van der Waals surface area contributed by atoms with Crippen molar-refractivity contribution in [1.29, 1.82) is 0 Å². The van der Waals surface area contributed by atoms with Gasteiger partial charge >= 0.3 is 15.6 Å². The number of aliphatic hydroxyl groups is 1. The summed E-state index contributed by atoms with van der Waals surface area (Å²) in [6, 6.07) is 0. The van der Waals surface area contributed by atoms with Gasteiger partial charge < -0.3 is 19.8 Å². The monoisotopic (exact) mass is 390 g/mol. The summed E-state index contributed by atoms with van der Waals surface area (Å²) in [5.41, 5.74) is 0. The fraction of sp³-hybridized carbons (Fsp3) is 1.00. The lowest BCUT2D eigenvalue weighted by molar-refractivity contribution is 0.156. The van der Waals surface area contributed by atoms with Crippen molar-refractivity contribution in [1.82, 2.24) is 0 Å². The van der Waals surface area contributed by atoms with E-state index in [0.29, 0.717) is 6.42 Å². The van der Waals surface area contributed by atoms with Crippen molar-refractivity contribution in [2.45, 2.75) is 83.7 Å². The van der Waals surface area contributed by atoms with Crippen LogP contribution >= 0.6 is 15.6 Å². The van der Waals surface area contributed by atoms with E-state index in [1.807, 2.05) is 6.92 Å². The first-order valence-electron chi connectivity index (χ1n) is 8.58. The van der Waals surface area contributed by atoms with Gasteiger partial charge in [-0.15, -0.1) is 0 Å². The van der Waals surface area contributed by atoms with Crippen LogP contribution in [0.25, 0.3) is 0 Å². The van der Waals surface area contributed by atoms with Gasteiger partial charge in [0, 0.05) is 0 Å². The molecular weight excluding hydrogens is 358 g/mol. The third-order valence-electron chi connectivity index (χ3n) is 3.62. The third kappa shape index (κ3) is 17.1. The summed E-state index contributed by atoms with van der Waals surface area (Å²) in [7, 11) is -9.71. The van der Waals surface area contributed by atoms with Crippen LogP contribution in [0, 0.1) is 0 Å². The molecule has 0 bridgehead atoms. The number of aliphatic hydroxyl groups excluding tert-OH is 1. The first kappa shape index (κ1) is 24.2. The molecule has 0 aliphatic heterocycles. The predicted octanol–water partition coefficient (Wildman–Crippen LogP) is 3.88. The van der Waals surface area contributed by atoms with Crippen LogP contribution in [0.3, 0.4) is 0 Å². The van der Waals surface area contributed by atoms with E-state index in [1.54, 1.807) is 0 Å². The van der Waals surface area contributed by atoms with E-state index >= 15 is 0 Å². The maximum atomic E-state index is 11.2. The summed E-state index contributed by atoms with van der Waals surface area (Å²) < 4.78 is 29.8. The molecule has 0 heterocycles. The number of phosphoric acid groups is 2. The Hall–Kier alpha value is 0.220. The highest BCUT2D eigenvalue weighted by Crippen LogP contribution is 2.57. The zero-order valence-electron chi connectivity index (χ0n) is 14.4. The smallest absolute Gasteiger partial charge is 0.393 e. The van der Waals surface area contributed by atoms with E-state index in [4.69, 9.17) is 14.7 Å². The van der Waals surface area contributed by atoms with Crippen LogP contribution < -0.4 is 0 Å². The number of rotatable bonds is 16. The molecule has 0 saturated heterocycles. The largest absolute Gasteiger partial charge is 0.481 e. The Bertz CT molecular complexity index is 398. The lowest BCUT2D eigenvalue weighted by atomic mass is 10.0. The molecule has 0 amide bonds. The average Bonchev–Trinajstić information content (AvgIpc) is 2.45. The third-order valence-corrected chi connectivity index (χ3v) is 5.80. The number of unbranched alkanes of at least 4 members (excludes halogenated alkanes) is 8. The van der Waals surface area contributed by atoms with E-state index in [1.165, 1.54) is 12.8 Å². The Balaban J connectivity index is 3.37. The van der Waals surface area contributed by atoms with E-state index in [-0.39, 0.29) is 12.7 Å². The lowest BCUT2D eigenvalue weighted by Gasteiger charge is -2.12. The molecule has 0 saturated carbocycles. The van der Waals surface area contributed by atoms with Gasteiger partial charge in [0.25, 0.3) is 0 Å². The molecular formula is C14H32O8P2. The summed E-state index contributed by atoms with van der Waals surface area (Å²) in [6.45, 7) is 1.91. The quantitative estimate of drug-likeness (QED) is 0.230. The molecule has 0 aliphatic rings. The normalized spacial score (nSPS) is 16.0. The van der Waals surface area contributed by atoms with Gasteiger partial charge in [-0.3, -0.25) is 4.52 Å². The van der Waals surface area contributed by atoms with Crippen LogP contribution in [0.1, 0.15) is 77.6 Å². The molecule has 2 atom stereocenters. The molecule has 0 aliphatic carbocycles. The van der Waals surface area contributed by atoms with Crippen LogP contribution in [0.15, 0.2) is 0 Å². The molecule has 0 aromatic heterocycles. The van der Waals surface area contributed by atoms with Crippen LogP contribution in [0.5, 0.6) is 0 Å². The maximum absolute atomic E-state index is 11.2. The average molecular weight is 390 g/mol. The minimum Gasteiger partial charge on any atom is -0.393 e. The molecule has 0 aromatic rings. The first-order chi connectivity index (χ1) is 11.2. The van der Waals surface area contributed by atoms with Gasteiger partial charge in [0.15, 0.2) is 0 Å². The van der Waals surface area contributed by atoms with Crippen LogP contribution in [0.2, 0.25) is 0 Å². The highest BCUT2D eigenvalue weighted by molar-refractivity contribution is 7.60. The predicted molar refractivity (Wildman–Crippen MR) is 91.4 cm³/mol. The Kier molecular flexibility index (Phi) is 13.6. The standard InChI is InChI=1S/C14H32O8P2/c1-2-14(15)12-10-8-6-4-3-5-7-9-11-13-21-24(19,20)22-23(16,17)18/h14-15H,2-13H2,1H3,(H,19,20)(H2,16,17,18). The van der Waals surface area contributed by atoms with Crippen LogP contribution in [0.4, 0.5) is 0 Å². The molecule has 4 N–H and O–H groups in total. The topological polar surface area (TPSA) is 134 Å². The second-order valence-electron chi connectivity index (χ2n) is 5.91. The fourth-order valence-corrected chi connectivity index (χ4v) is 3.89. The van der Waals surface area contributed by atoms with Crippen molar-refractivity contribution in [2.24, 2.45) is 0 Å². The molecule has 0 fully saturated rings. The number of hydrogen-bond donors (Lipinski definition) is 4. The van der Waals surface area contributed by atoms with Crippen molar-refractivity contribution in [3.8, 4) is 0 Å². The van der Waals surface area contributed by atoms with Crippen molar-refractivity contribution < 1.29 is 37.8 Å². The zero-order valence-corrected chi connectivity index (χ0v) is 16.2. The second-order valence-corrected chi connectivity index (χ2v) is 8.74. The number of hydrogen-bond acceptors (Lipinski definition) is 5. The van der Waals surface area contributed by atoms with Gasteiger partial charge in [-0.1, -0.05) is 58.3 Å². The van der Waals surface area contributed by atoms with Gasteiger partial charge in [-0.25, -0.2) is 9.13 Å². The van der Waals surface area contributed by atoms with Crippen molar-refractivity contribution in [2.75, 3.05) is 6.61 Å². The minimum atomic E-state index is -5.03. The van der Waals surface area contributed by atoms with Gasteiger partial charge in [0.05, 0.1) is 12.7 Å². The molecule has 0 rings (SSSR count). The van der Waals surface area contributed by atoms with Gasteiger partial charge in [-0.05, 0) is 19.3 Å². The maximum Gasteiger partial charge on any atom is 0.481 e. The van der Waals surface area contributed by atoms with E-state index < -0.39 is 15.6 Å². The molecule has 0 spiro atoms. The minimum absolute atomic E-state index is 0.0759. The summed E-state index contributed by atoms with van der Waals surface area (Å²) in [5.74, 6) is 0. The highest BCUT2D eigenvalue weighted by atomic mass is 31.3. The zero-order chi connectivity index (χ0) is 18.5. The van der Waals surface area contributed by atoms with Gasteiger partial charge in [0.2, 0.25) is 0 Å². The van der Waals surface area contributed by atoms with Crippen molar-refractivity contribution in [3.63, 3.8) is 0 Å². The highest BCUT2D eigenvalue weighted by Gasteiger charge is 2.31. The Morgan fingerprint density at radius 1 is 0.833 bits per heavy atom. The molecule has 146 valence electrons. The molecule has 0 aromatic carbocycles. The lowest BCUT2D eigenvalue weighted by Crippen LogP contribution is -2.03. The number of phosphoric ester groups is 1. The molecule has 24 heavy (non-hydrogen) atoms. The SMILES string of the molecule is CCC(O)CCCCCCCCCCCOP(=O)(O)OP(=O)(O)O. The summed E-state index contributed by atoms with van der Waals surface area (Å²) in [5, 5.41) is 9.42. The Morgan fingerprint density at radius 3 is 1.75 bits per heavy atom. The van der Waals surface area contributed by atoms with E-state index in [0.717, 1.165) is 51.4 Å².